The highest BCUT2D eigenvalue weighted by atomic mass is 16.5. The number of benzene rings is 1. The van der Waals surface area contributed by atoms with Gasteiger partial charge in [0.05, 0.1) is 20.1 Å². The summed E-state index contributed by atoms with van der Waals surface area (Å²) < 4.78 is 10.5. The Labute approximate surface area is 124 Å². The summed E-state index contributed by atoms with van der Waals surface area (Å²) in [5, 5.41) is 8.91. The molecule has 0 saturated carbocycles. The standard InChI is InChI=1S/C15H21NO5/c1-9(15(18)19)8-16(3)14(17)11-6-12(20-4)10(2)13(7-11)21-5/h6-7,9H,8H2,1-5H3,(H,18,19). The van der Waals surface area contributed by atoms with Crippen LogP contribution in [0.15, 0.2) is 12.1 Å². The van der Waals surface area contributed by atoms with E-state index in [1.54, 1.807) is 26.1 Å². The minimum Gasteiger partial charge on any atom is -0.496 e. The Morgan fingerprint density at radius 3 is 2.10 bits per heavy atom. The second-order valence-corrected chi connectivity index (χ2v) is 4.93. The molecular formula is C15H21NO5. The molecule has 1 rings (SSSR count). The maximum atomic E-state index is 12.4. The topological polar surface area (TPSA) is 76.1 Å². The fourth-order valence-corrected chi connectivity index (χ4v) is 2.00. The van der Waals surface area contributed by atoms with Crippen molar-refractivity contribution in [3.05, 3.63) is 23.3 Å². The molecule has 0 fully saturated rings. The number of ether oxygens (including phenoxy) is 2. The summed E-state index contributed by atoms with van der Waals surface area (Å²) >= 11 is 0. The molecule has 0 heterocycles. The number of aliphatic carboxylic acids is 1. The van der Waals surface area contributed by atoms with Crippen molar-refractivity contribution in [3.8, 4) is 11.5 Å². The Morgan fingerprint density at radius 2 is 1.71 bits per heavy atom. The maximum absolute atomic E-state index is 12.4. The maximum Gasteiger partial charge on any atom is 0.308 e. The minimum absolute atomic E-state index is 0.132. The highest BCUT2D eigenvalue weighted by molar-refractivity contribution is 5.95. The average Bonchev–Trinajstić information content (AvgIpc) is 2.46. The summed E-state index contributed by atoms with van der Waals surface area (Å²) in [7, 11) is 4.61. The van der Waals surface area contributed by atoms with Gasteiger partial charge in [-0.1, -0.05) is 6.92 Å². The molecule has 1 atom stereocenters. The van der Waals surface area contributed by atoms with E-state index in [9.17, 15) is 9.59 Å². The van der Waals surface area contributed by atoms with E-state index < -0.39 is 11.9 Å². The number of hydrogen-bond donors (Lipinski definition) is 1. The van der Waals surface area contributed by atoms with Crippen molar-refractivity contribution in [2.24, 2.45) is 5.92 Å². The van der Waals surface area contributed by atoms with Crippen LogP contribution in [0.3, 0.4) is 0 Å². The molecule has 0 radical (unpaired) electrons. The fourth-order valence-electron chi connectivity index (χ4n) is 2.00. The summed E-state index contributed by atoms with van der Waals surface area (Å²) in [5.74, 6) is -0.739. The molecule has 0 spiro atoms. The van der Waals surface area contributed by atoms with Gasteiger partial charge in [0.15, 0.2) is 0 Å². The molecular weight excluding hydrogens is 274 g/mol. The Balaban J connectivity index is 3.04. The molecule has 21 heavy (non-hydrogen) atoms. The molecule has 1 aromatic rings. The number of carboxylic acids is 1. The molecule has 1 unspecified atom stereocenters. The molecule has 0 aliphatic rings. The highest BCUT2D eigenvalue weighted by Crippen LogP contribution is 2.29. The van der Waals surface area contributed by atoms with Gasteiger partial charge in [0.2, 0.25) is 0 Å². The van der Waals surface area contributed by atoms with Gasteiger partial charge in [-0.25, -0.2) is 0 Å². The van der Waals surface area contributed by atoms with Crippen LogP contribution in [0.4, 0.5) is 0 Å². The third-order valence-corrected chi connectivity index (χ3v) is 3.32. The van der Waals surface area contributed by atoms with Crippen molar-refractivity contribution in [1.82, 2.24) is 4.90 Å². The lowest BCUT2D eigenvalue weighted by Gasteiger charge is -2.20. The van der Waals surface area contributed by atoms with E-state index in [2.05, 4.69) is 0 Å². The van der Waals surface area contributed by atoms with Gasteiger partial charge >= 0.3 is 5.97 Å². The Hall–Kier alpha value is -2.24. The van der Waals surface area contributed by atoms with Gasteiger partial charge in [-0.2, -0.15) is 0 Å². The summed E-state index contributed by atoms with van der Waals surface area (Å²) in [6.45, 7) is 3.53. The van der Waals surface area contributed by atoms with E-state index in [1.807, 2.05) is 6.92 Å². The predicted octanol–water partition coefficient (Wildman–Crippen LogP) is 1.80. The quantitative estimate of drug-likeness (QED) is 0.866. The fraction of sp³-hybridized carbons (Fsp3) is 0.467. The van der Waals surface area contributed by atoms with E-state index in [0.717, 1.165) is 5.56 Å². The number of carboxylic acid groups (broad SMARTS) is 1. The van der Waals surface area contributed by atoms with Crippen molar-refractivity contribution in [1.29, 1.82) is 0 Å². The number of nitrogens with zero attached hydrogens (tertiary/aromatic N) is 1. The van der Waals surface area contributed by atoms with Gasteiger partial charge in [0, 0.05) is 24.7 Å². The Morgan fingerprint density at radius 1 is 1.24 bits per heavy atom. The van der Waals surface area contributed by atoms with Gasteiger partial charge in [-0.15, -0.1) is 0 Å². The van der Waals surface area contributed by atoms with Crippen LogP contribution in [0.2, 0.25) is 0 Å². The second kappa shape index (κ2) is 6.97. The normalized spacial score (nSPS) is 11.7. The second-order valence-electron chi connectivity index (χ2n) is 4.93. The Bertz CT molecular complexity index is 516. The number of amides is 1. The molecule has 1 aromatic carbocycles. The molecule has 116 valence electrons. The molecule has 0 aliphatic heterocycles. The van der Waals surface area contributed by atoms with E-state index >= 15 is 0 Å². The predicted molar refractivity (Wildman–Crippen MR) is 78.0 cm³/mol. The van der Waals surface area contributed by atoms with Crippen LogP contribution in [-0.2, 0) is 4.79 Å². The largest absolute Gasteiger partial charge is 0.496 e. The first-order valence-corrected chi connectivity index (χ1v) is 6.52. The molecule has 6 heteroatoms. The van der Waals surface area contributed by atoms with E-state index in [1.165, 1.54) is 19.1 Å². The zero-order valence-electron chi connectivity index (χ0n) is 13.0. The molecule has 6 nitrogen and oxygen atoms in total. The third-order valence-electron chi connectivity index (χ3n) is 3.32. The highest BCUT2D eigenvalue weighted by Gasteiger charge is 2.20. The van der Waals surface area contributed by atoms with E-state index in [4.69, 9.17) is 14.6 Å². The van der Waals surface area contributed by atoms with E-state index in [-0.39, 0.29) is 12.5 Å². The van der Waals surface area contributed by atoms with Crippen LogP contribution in [0.25, 0.3) is 0 Å². The Kier molecular flexibility index (Phi) is 5.58. The smallest absolute Gasteiger partial charge is 0.308 e. The van der Waals surface area contributed by atoms with Crippen molar-refractivity contribution in [2.45, 2.75) is 13.8 Å². The van der Waals surface area contributed by atoms with Gasteiger partial charge < -0.3 is 19.5 Å². The number of carbonyl (C=O) groups excluding carboxylic acids is 1. The monoisotopic (exact) mass is 295 g/mol. The minimum atomic E-state index is -0.936. The van der Waals surface area contributed by atoms with Crippen molar-refractivity contribution in [3.63, 3.8) is 0 Å². The van der Waals surface area contributed by atoms with Crippen LogP contribution in [-0.4, -0.2) is 49.7 Å². The van der Waals surface area contributed by atoms with Crippen LogP contribution in [0, 0.1) is 12.8 Å². The van der Waals surface area contributed by atoms with Crippen LogP contribution >= 0.6 is 0 Å². The van der Waals surface area contributed by atoms with Crippen molar-refractivity contribution in [2.75, 3.05) is 27.8 Å². The molecule has 0 aliphatic carbocycles. The SMILES string of the molecule is COc1cc(C(=O)N(C)CC(C)C(=O)O)cc(OC)c1C. The van der Waals surface area contributed by atoms with Crippen molar-refractivity contribution < 1.29 is 24.2 Å². The van der Waals surface area contributed by atoms with Gasteiger partial charge in [-0.3, -0.25) is 9.59 Å². The molecule has 1 N–H and O–H groups in total. The zero-order chi connectivity index (χ0) is 16.2. The first-order valence-electron chi connectivity index (χ1n) is 6.52. The number of rotatable bonds is 6. The molecule has 0 saturated heterocycles. The lowest BCUT2D eigenvalue weighted by Crippen LogP contribution is -2.33. The number of methoxy groups -OCH3 is 2. The molecule has 1 amide bonds. The summed E-state index contributed by atoms with van der Waals surface area (Å²) in [6, 6.07) is 3.25. The van der Waals surface area contributed by atoms with Gasteiger partial charge in [-0.05, 0) is 19.1 Å². The average molecular weight is 295 g/mol. The first-order chi connectivity index (χ1) is 9.81. The van der Waals surface area contributed by atoms with E-state index in [0.29, 0.717) is 17.1 Å². The molecule has 0 bridgehead atoms. The summed E-state index contributed by atoms with van der Waals surface area (Å²) in [6.07, 6.45) is 0. The molecule has 0 aromatic heterocycles. The summed E-state index contributed by atoms with van der Waals surface area (Å²) in [4.78, 5) is 24.6. The zero-order valence-corrected chi connectivity index (χ0v) is 13.0. The van der Waals surface area contributed by atoms with Gasteiger partial charge in [0.1, 0.15) is 11.5 Å². The summed E-state index contributed by atoms with van der Waals surface area (Å²) in [5.41, 5.74) is 1.20. The van der Waals surface area contributed by atoms with Crippen LogP contribution in [0.5, 0.6) is 11.5 Å². The third kappa shape index (κ3) is 3.87. The van der Waals surface area contributed by atoms with Gasteiger partial charge in [0.25, 0.3) is 5.91 Å². The number of carbonyl (C=O) groups is 2. The lowest BCUT2D eigenvalue weighted by molar-refractivity contribution is -0.141. The van der Waals surface area contributed by atoms with Crippen LogP contribution < -0.4 is 9.47 Å². The number of hydrogen-bond acceptors (Lipinski definition) is 4. The first kappa shape index (κ1) is 16.8. The lowest BCUT2D eigenvalue weighted by atomic mass is 10.1. The van der Waals surface area contributed by atoms with Crippen molar-refractivity contribution >= 4 is 11.9 Å². The van der Waals surface area contributed by atoms with Crippen LogP contribution in [0.1, 0.15) is 22.8 Å².